The molecule has 1 aromatic heterocycles. The molecule has 0 amide bonds. The van der Waals surface area contributed by atoms with Gasteiger partial charge in [-0.1, -0.05) is 41.9 Å². The molecule has 23 heavy (non-hydrogen) atoms. The van der Waals surface area contributed by atoms with E-state index in [0.29, 0.717) is 23.1 Å². The van der Waals surface area contributed by atoms with Gasteiger partial charge in [0.1, 0.15) is 0 Å². The third kappa shape index (κ3) is 2.86. The molecule has 3 heterocycles. The molecular weight excluding hydrogens is 310 g/mol. The smallest absolute Gasteiger partial charge is 0.169 e. The highest BCUT2D eigenvalue weighted by Gasteiger charge is 2.40. The van der Waals surface area contributed by atoms with Crippen molar-refractivity contribution < 1.29 is 0 Å². The molecule has 2 N–H and O–H groups in total. The fourth-order valence-electron chi connectivity index (χ4n) is 3.86. The van der Waals surface area contributed by atoms with Gasteiger partial charge in [0.2, 0.25) is 0 Å². The van der Waals surface area contributed by atoms with E-state index in [1.807, 2.05) is 6.07 Å². The van der Waals surface area contributed by atoms with Crippen LogP contribution in [0.3, 0.4) is 0 Å². The van der Waals surface area contributed by atoms with Crippen LogP contribution in [0.25, 0.3) is 0 Å². The van der Waals surface area contributed by atoms with Gasteiger partial charge in [0.15, 0.2) is 11.0 Å². The van der Waals surface area contributed by atoms with Crippen LogP contribution in [0.1, 0.15) is 18.4 Å². The van der Waals surface area contributed by atoms with E-state index in [1.165, 1.54) is 18.4 Å². The third-order valence-electron chi connectivity index (χ3n) is 4.95. The normalized spacial score (nSPS) is 24.1. The largest absolute Gasteiger partial charge is 0.380 e. The number of aromatic nitrogens is 2. The number of rotatable bonds is 3. The maximum Gasteiger partial charge on any atom is 0.169 e. The molecule has 0 radical (unpaired) electrons. The number of hydrogen-bond donors (Lipinski definition) is 1. The zero-order chi connectivity index (χ0) is 15.8. The van der Waals surface area contributed by atoms with Gasteiger partial charge in [-0.25, -0.2) is 0 Å². The summed E-state index contributed by atoms with van der Waals surface area (Å²) in [5.74, 6) is 0.463. The van der Waals surface area contributed by atoms with Crippen LogP contribution in [-0.2, 0) is 6.54 Å². The highest BCUT2D eigenvalue weighted by molar-refractivity contribution is 6.29. The van der Waals surface area contributed by atoms with Gasteiger partial charge in [-0.3, -0.25) is 4.90 Å². The minimum Gasteiger partial charge on any atom is -0.380 e. The first-order valence-corrected chi connectivity index (χ1v) is 8.42. The number of nitrogens with zero attached hydrogens (tertiary/aromatic N) is 4. The van der Waals surface area contributed by atoms with Crippen molar-refractivity contribution in [3.63, 3.8) is 0 Å². The SMILES string of the molecule is Nc1nnc(Cl)cc1N1CC2CCC(C1)N2Cc1ccccc1. The molecule has 2 aliphatic heterocycles. The number of nitrogen functional groups attached to an aromatic ring is 1. The van der Waals surface area contributed by atoms with Crippen LogP contribution in [0.2, 0.25) is 5.15 Å². The molecule has 2 aromatic rings. The fraction of sp³-hybridized carbons (Fsp3) is 0.412. The quantitative estimate of drug-likeness (QED) is 0.938. The summed E-state index contributed by atoms with van der Waals surface area (Å²) in [7, 11) is 0. The predicted octanol–water partition coefficient (Wildman–Crippen LogP) is 2.57. The van der Waals surface area contributed by atoms with Gasteiger partial charge < -0.3 is 10.6 Å². The highest BCUT2D eigenvalue weighted by Crippen LogP contribution is 2.35. The number of nitrogens with two attached hydrogens (primary N) is 1. The van der Waals surface area contributed by atoms with Crippen molar-refractivity contribution in [2.24, 2.45) is 0 Å². The van der Waals surface area contributed by atoms with Crippen LogP contribution < -0.4 is 10.6 Å². The van der Waals surface area contributed by atoms with Crippen molar-refractivity contribution in [3.8, 4) is 0 Å². The van der Waals surface area contributed by atoms with E-state index in [0.717, 1.165) is 25.3 Å². The Morgan fingerprint density at radius 2 is 1.78 bits per heavy atom. The van der Waals surface area contributed by atoms with Gasteiger partial charge >= 0.3 is 0 Å². The molecule has 120 valence electrons. The Hall–Kier alpha value is -1.85. The van der Waals surface area contributed by atoms with Crippen LogP contribution >= 0.6 is 11.6 Å². The number of benzene rings is 1. The predicted molar refractivity (Wildman–Crippen MR) is 92.5 cm³/mol. The molecule has 6 heteroatoms. The number of hydrogen-bond acceptors (Lipinski definition) is 5. The van der Waals surface area contributed by atoms with E-state index in [-0.39, 0.29) is 0 Å². The summed E-state index contributed by atoms with van der Waals surface area (Å²) in [4.78, 5) is 4.96. The van der Waals surface area contributed by atoms with Crippen LogP contribution in [0.15, 0.2) is 36.4 Å². The van der Waals surface area contributed by atoms with E-state index in [9.17, 15) is 0 Å². The van der Waals surface area contributed by atoms with Crippen molar-refractivity contribution in [3.05, 3.63) is 47.1 Å². The van der Waals surface area contributed by atoms with Crippen LogP contribution in [0, 0.1) is 0 Å². The number of anilines is 2. The molecule has 1 aromatic carbocycles. The molecule has 4 rings (SSSR count). The molecule has 2 fully saturated rings. The third-order valence-corrected chi connectivity index (χ3v) is 5.14. The van der Waals surface area contributed by atoms with Crippen molar-refractivity contribution in [2.45, 2.75) is 31.5 Å². The monoisotopic (exact) mass is 329 g/mol. The zero-order valence-electron chi connectivity index (χ0n) is 12.9. The Kier molecular flexibility index (Phi) is 3.83. The summed E-state index contributed by atoms with van der Waals surface area (Å²) >= 11 is 5.99. The summed E-state index contributed by atoms with van der Waals surface area (Å²) in [6.45, 7) is 2.96. The second kappa shape index (κ2) is 5.98. The first-order valence-electron chi connectivity index (χ1n) is 8.04. The molecule has 2 unspecified atom stereocenters. The van der Waals surface area contributed by atoms with E-state index in [1.54, 1.807) is 0 Å². The zero-order valence-corrected chi connectivity index (χ0v) is 13.7. The van der Waals surface area contributed by atoms with Crippen molar-refractivity contribution in [1.29, 1.82) is 0 Å². The Morgan fingerprint density at radius 1 is 1.09 bits per heavy atom. The lowest BCUT2D eigenvalue weighted by atomic mass is 10.1. The summed E-state index contributed by atoms with van der Waals surface area (Å²) < 4.78 is 0. The van der Waals surface area contributed by atoms with Gasteiger partial charge in [-0.15, -0.1) is 10.2 Å². The van der Waals surface area contributed by atoms with Gasteiger partial charge in [0.05, 0.1) is 5.69 Å². The average molecular weight is 330 g/mol. The van der Waals surface area contributed by atoms with Crippen molar-refractivity contribution >= 4 is 23.1 Å². The molecule has 2 bridgehead atoms. The Morgan fingerprint density at radius 3 is 2.48 bits per heavy atom. The number of halogens is 1. The summed E-state index contributed by atoms with van der Waals surface area (Å²) in [5, 5.41) is 8.16. The first kappa shape index (κ1) is 14.7. The molecule has 0 saturated carbocycles. The second-order valence-corrected chi connectivity index (χ2v) is 6.77. The van der Waals surface area contributed by atoms with Crippen molar-refractivity contribution in [1.82, 2.24) is 15.1 Å². The van der Waals surface area contributed by atoms with E-state index in [4.69, 9.17) is 17.3 Å². The molecular formula is C17H20ClN5. The van der Waals surface area contributed by atoms with Crippen molar-refractivity contribution in [2.75, 3.05) is 23.7 Å². The topological polar surface area (TPSA) is 58.3 Å². The first-order chi connectivity index (χ1) is 11.2. The van der Waals surface area contributed by atoms with Crippen LogP contribution in [0.5, 0.6) is 0 Å². The summed E-state index contributed by atoms with van der Waals surface area (Å²) in [6, 6.07) is 13.6. The number of piperazine rings is 1. The maximum atomic E-state index is 6.00. The highest BCUT2D eigenvalue weighted by atomic mass is 35.5. The van der Waals surface area contributed by atoms with E-state index in [2.05, 4.69) is 50.3 Å². The van der Waals surface area contributed by atoms with Gasteiger partial charge in [0, 0.05) is 37.8 Å². The van der Waals surface area contributed by atoms with E-state index < -0.39 is 0 Å². The fourth-order valence-corrected chi connectivity index (χ4v) is 4.00. The van der Waals surface area contributed by atoms with Gasteiger partial charge in [-0.2, -0.15) is 0 Å². The minimum absolute atomic E-state index is 0.397. The lowest BCUT2D eigenvalue weighted by Gasteiger charge is -2.42. The molecule has 2 saturated heterocycles. The molecule has 0 spiro atoms. The molecule has 5 nitrogen and oxygen atoms in total. The van der Waals surface area contributed by atoms with Crippen LogP contribution in [-0.4, -0.2) is 40.3 Å². The number of fused-ring (bicyclic) bond motifs is 2. The van der Waals surface area contributed by atoms with Gasteiger partial charge in [0.25, 0.3) is 0 Å². The lowest BCUT2D eigenvalue weighted by Crippen LogP contribution is -2.53. The molecule has 2 atom stereocenters. The summed E-state index contributed by atoms with van der Waals surface area (Å²) in [5.41, 5.74) is 8.30. The van der Waals surface area contributed by atoms with E-state index >= 15 is 0 Å². The molecule has 2 aliphatic rings. The maximum absolute atomic E-state index is 6.00. The Balaban J connectivity index is 1.52. The minimum atomic E-state index is 0.397. The standard InChI is InChI=1S/C17H20ClN5/c18-16-8-15(17(19)21-20-16)22-10-13-6-7-14(11-22)23(13)9-12-4-2-1-3-5-12/h1-5,8,13-14H,6-7,9-11H2,(H2,19,21). The van der Waals surface area contributed by atoms with Gasteiger partial charge in [-0.05, 0) is 18.4 Å². The Labute approximate surface area is 141 Å². The summed E-state index contributed by atoms with van der Waals surface area (Å²) in [6.07, 6.45) is 2.47. The molecule has 0 aliphatic carbocycles. The lowest BCUT2D eigenvalue weighted by molar-refractivity contribution is 0.160. The average Bonchev–Trinajstić information content (AvgIpc) is 2.80. The Bertz CT molecular complexity index is 679. The second-order valence-electron chi connectivity index (χ2n) is 6.39. The van der Waals surface area contributed by atoms with Crippen LogP contribution in [0.4, 0.5) is 11.5 Å².